The Balaban J connectivity index is 2.52. The number of hydrogen-bond acceptors (Lipinski definition) is 1. The van der Waals surface area contributed by atoms with E-state index in [1.165, 1.54) is 0 Å². The Bertz CT molecular complexity index is 298. The molecule has 0 amide bonds. The van der Waals surface area contributed by atoms with Crippen LogP contribution in [0.5, 0.6) is 0 Å². The normalized spacial score (nSPS) is 9.75. The summed E-state index contributed by atoms with van der Waals surface area (Å²) in [5.41, 5.74) is 0. The van der Waals surface area contributed by atoms with Gasteiger partial charge < -0.3 is 0 Å². The van der Waals surface area contributed by atoms with Crippen molar-refractivity contribution in [3.8, 4) is 12.3 Å². The average Bonchev–Trinajstić information content (AvgIpc) is 2.31. The molecule has 0 N–H and O–H groups in total. The summed E-state index contributed by atoms with van der Waals surface area (Å²) in [5, 5.41) is 4.20. The third-order valence-corrected chi connectivity index (χ3v) is 2.42. The van der Waals surface area contributed by atoms with E-state index in [0.717, 1.165) is 28.6 Å². The van der Waals surface area contributed by atoms with E-state index in [0.29, 0.717) is 0 Å². The minimum absolute atomic E-state index is 0.796. The number of nitrogens with zero attached hydrogens (tertiary/aromatic N) is 2. The Kier molecular flexibility index (Phi) is 3.83. The molecular weight excluding hydrogens is 284 g/mol. The van der Waals surface area contributed by atoms with Gasteiger partial charge in [0.15, 0.2) is 0 Å². The number of terminal acetylenes is 1. The molecule has 1 rings (SSSR count). The summed E-state index contributed by atoms with van der Waals surface area (Å²) < 4.78 is 3.70. The van der Waals surface area contributed by atoms with Crippen LogP contribution in [0.4, 0.5) is 0 Å². The van der Waals surface area contributed by atoms with E-state index in [1.54, 1.807) is 0 Å². The van der Waals surface area contributed by atoms with E-state index in [4.69, 9.17) is 6.42 Å². The summed E-state index contributed by atoms with van der Waals surface area (Å²) in [7, 11) is 0. The Morgan fingerprint density at radius 2 is 2.33 bits per heavy atom. The van der Waals surface area contributed by atoms with E-state index < -0.39 is 0 Å². The fourth-order valence-electron chi connectivity index (χ4n) is 0.852. The highest BCUT2D eigenvalue weighted by Crippen LogP contribution is 2.16. The molecule has 2 nitrogen and oxygen atoms in total. The molecule has 0 aromatic carbocycles. The molecule has 0 aliphatic carbocycles. The van der Waals surface area contributed by atoms with Gasteiger partial charge >= 0.3 is 0 Å². The zero-order valence-corrected chi connectivity index (χ0v) is 9.60. The van der Waals surface area contributed by atoms with Gasteiger partial charge in [0.2, 0.25) is 0 Å². The molecule has 0 aliphatic rings. The fourth-order valence-corrected chi connectivity index (χ4v) is 2.04. The lowest BCUT2D eigenvalue weighted by Gasteiger charge is -1.99. The van der Waals surface area contributed by atoms with Gasteiger partial charge in [-0.1, -0.05) is 0 Å². The molecule has 0 radical (unpaired) electrons. The molecule has 4 heteroatoms. The highest BCUT2D eigenvalue weighted by atomic mass is 79.9. The van der Waals surface area contributed by atoms with Gasteiger partial charge in [0.25, 0.3) is 0 Å². The van der Waals surface area contributed by atoms with Gasteiger partial charge in [0.1, 0.15) is 9.21 Å². The van der Waals surface area contributed by atoms with Crippen molar-refractivity contribution in [1.29, 1.82) is 0 Å². The number of halogens is 2. The highest BCUT2D eigenvalue weighted by molar-refractivity contribution is 9.11. The number of hydrogen-bond donors (Lipinski definition) is 0. The average molecular weight is 292 g/mol. The largest absolute Gasteiger partial charge is 0.257 e. The van der Waals surface area contributed by atoms with Crippen molar-refractivity contribution in [2.24, 2.45) is 0 Å². The van der Waals surface area contributed by atoms with Crippen LogP contribution in [0.15, 0.2) is 15.3 Å². The monoisotopic (exact) mass is 290 g/mol. The Morgan fingerprint density at radius 3 is 2.83 bits per heavy atom. The second-order valence-corrected chi connectivity index (χ2v) is 3.95. The summed E-state index contributed by atoms with van der Waals surface area (Å²) in [5.74, 6) is 2.60. The summed E-state index contributed by atoms with van der Waals surface area (Å²) >= 11 is 6.68. The maximum atomic E-state index is 5.14. The molecule has 0 atom stereocenters. The van der Waals surface area contributed by atoms with Crippen molar-refractivity contribution in [2.75, 3.05) is 0 Å². The van der Waals surface area contributed by atoms with Crippen LogP contribution in [0.3, 0.4) is 0 Å². The number of aromatic nitrogens is 2. The lowest BCUT2D eigenvalue weighted by Crippen LogP contribution is -1.99. The van der Waals surface area contributed by atoms with Gasteiger partial charge in [-0.25, -0.2) is 0 Å². The topological polar surface area (TPSA) is 17.8 Å². The van der Waals surface area contributed by atoms with Gasteiger partial charge in [0.05, 0.1) is 0 Å². The van der Waals surface area contributed by atoms with E-state index in [2.05, 4.69) is 42.9 Å². The van der Waals surface area contributed by atoms with Crippen molar-refractivity contribution in [1.82, 2.24) is 9.78 Å². The summed E-state index contributed by atoms with van der Waals surface area (Å²) in [6.45, 7) is 0.858. The Hall–Kier alpha value is -0.270. The lowest BCUT2D eigenvalue weighted by molar-refractivity contribution is 0.573. The molecule has 1 aromatic rings. The first kappa shape index (κ1) is 9.82. The van der Waals surface area contributed by atoms with Crippen molar-refractivity contribution >= 4 is 31.9 Å². The number of aryl methyl sites for hydroxylation is 1. The molecule has 1 aromatic heterocycles. The molecular formula is C8H8Br2N2. The van der Waals surface area contributed by atoms with E-state index in [-0.39, 0.29) is 0 Å². The van der Waals surface area contributed by atoms with Crippen LogP contribution in [0.2, 0.25) is 0 Å². The predicted molar refractivity (Wildman–Crippen MR) is 55.7 cm³/mol. The molecule has 12 heavy (non-hydrogen) atoms. The van der Waals surface area contributed by atoms with Gasteiger partial charge in [-0.3, -0.25) is 4.68 Å². The zero-order valence-electron chi connectivity index (χ0n) is 6.43. The van der Waals surface area contributed by atoms with Gasteiger partial charge in [-0.05, 0) is 38.3 Å². The first-order valence-corrected chi connectivity index (χ1v) is 5.15. The van der Waals surface area contributed by atoms with Gasteiger partial charge in [-0.15, -0.1) is 12.3 Å². The van der Waals surface area contributed by atoms with Crippen LogP contribution in [-0.4, -0.2) is 9.78 Å². The Morgan fingerprint density at radius 1 is 1.58 bits per heavy atom. The third kappa shape index (κ3) is 2.65. The smallest absolute Gasteiger partial charge is 0.129 e. The molecule has 0 saturated heterocycles. The molecule has 64 valence electrons. The van der Waals surface area contributed by atoms with Crippen LogP contribution in [0.25, 0.3) is 0 Å². The van der Waals surface area contributed by atoms with Crippen molar-refractivity contribution in [3.05, 3.63) is 15.3 Å². The van der Waals surface area contributed by atoms with Gasteiger partial charge in [-0.2, -0.15) is 5.10 Å². The van der Waals surface area contributed by atoms with Crippen molar-refractivity contribution < 1.29 is 0 Å². The molecule has 1 heterocycles. The minimum Gasteiger partial charge on any atom is -0.257 e. The van der Waals surface area contributed by atoms with Crippen LogP contribution in [0, 0.1) is 12.3 Å². The Labute approximate surface area is 88.6 Å². The molecule has 0 bridgehead atoms. The first-order chi connectivity index (χ1) is 5.74. The van der Waals surface area contributed by atoms with Gasteiger partial charge in [0, 0.05) is 19.0 Å². The van der Waals surface area contributed by atoms with Crippen LogP contribution in [-0.2, 0) is 6.54 Å². The van der Waals surface area contributed by atoms with Crippen LogP contribution in [0.1, 0.15) is 12.8 Å². The first-order valence-electron chi connectivity index (χ1n) is 3.56. The molecule has 0 fully saturated rings. The highest BCUT2D eigenvalue weighted by Gasteiger charge is 2.01. The second-order valence-electron chi connectivity index (χ2n) is 2.32. The number of unbranched alkanes of at least 4 members (excludes halogenated alkanes) is 1. The minimum atomic E-state index is 0.796. The number of rotatable bonds is 3. The standard InChI is InChI=1S/C8H8Br2N2/c1-2-3-4-5-12-8(10)6-7(9)11-12/h1,6H,3-5H2. The quantitative estimate of drug-likeness (QED) is 0.619. The summed E-state index contributed by atoms with van der Waals surface area (Å²) in [6.07, 6.45) is 6.89. The van der Waals surface area contributed by atoms with Crippen LogP contribution >= 0.6 is 31.9 Å². The predicted octanol–water partition coefficient (Wildman–Crippen LogP) is 2.82. The second kappa shape index (κ2) is 4.68. The van der Waals surface area contributed by atoms with E-state index >= 15 is 0 Å². The molecule has 0 aliphatic heterocycles. The van der Waals surface area contributed by atoms with Crippen molar-refractivity contribution in [3.63, 3.8) is 0 Å². The molecule has 0 spiro atoms. The molecule has 0 saturated carbocycles. The fraction of sp³-hybridized carbons (Fsp3) is 0.375. The van der Waals surface area contributed by atoms with E-state index in [9.17, 15) is 0 Å². The molecule has 0 unspecified atom stereocenters. The maximum Gasteiger partial charge on any atom is 0.129 e. The summed E-state index contributed by atoms with van der Waals surface area (Å²) in [6, 6.07) is 1.91. The van der Waals surface area contributed by atoms with Crippen molar-refractivity contribution in [2.45, 2.75) is 19.4 Å². The van der Waals surface area contributed by atoms with Crippen LogP contribution < -0.4 is 0 Å². The van der Waals surface area contributed by atoms with E-state index in [1.807, 2.05) is 10.7 Å². The maximum absolute atomic E-state index is 5.14. The summed E-state index contributed by atoms with van der Waals surface area (Å²) in [4.78, 5) is 0. The zero-order chi connectivity index (χ0) is 8.97. The third-order valence-electron chi connectivity index (χ3n) is 1.39. The lowest BCUT2D eigenvalue weighted by atomic mass is 10.3. The SMILES string of the molecule is C#CCCCn1nc(Br)cc1Br.